The highest BCUT2D eigenvalue weighted by molar-refractivity contribution is 5.95. The van der Waals surface area contributed by atoms with Crippen LogP contribution in [0.5, 0.6) is 0 Å². The summed E-state index contributed by atoms with van der Waals surface area (Å²) in [6.07, 6.45) is 1.98. The Morgan fingerprint density at radius 2 is 2.10 bits per heavy atom. The zero-order valence-electron chi connectivity index (χ0n) is 12.0. The molecule has 116 valence electrons. The fourth-order valence-corrected chi connectivity index (χ4v) is 2.71. The topological polar surface area (TPSA) is 96.0 Å². The molecule has 0 aliphatic carbocycles. The Morgan fingerprint density at radius 1 is 1.38 bits per heavy atom. The fraction of sp³-hybridized carbons (Fsp3) is 0.533. The third-order valence-corrected chi connectivity index (χ3v) is 3.77. The quantitative estimate of drug-likeness (QED) is 0.676. The van der Waals surface area contributed by atoms with Gasteiger partial charge in [-0.25, -0.2) is 4.79 Å². The number of anilines is 1. The molecule has 6 nitrogen and oxygen atoms in total. The van der Waals surface area contributed by atoms with Gasteiger partial charge in [-0.1, -0.05) is 12.1 Å². The standard InChI is InChI=1S/C15H22N2O4/c16-13-3-1-2-11(14(13)15(19)20)10-17-6-4-12(5-7-17)21-9-8-18/h1-3,12,18H,4-10,16H2,(H,19,20). The molecular weight excluding hydrogens is 272 g/mol. The first-order valence-electron chi connectivity index (χ1n) is 7.17. The van der Waals surface area contributed by atoms with Crippen molar-refractivity contribution in [2.45, 2.75) is 25.5 Å². The number of likely N-dealkylation sites (tertiary alicyclic amines) is 1. The second-order valence-electron chi connectivity index (χ2n) is 5.26. The zero-order valence-corrected chi connectivity index (χ0v) is 12.0. The van der Waals surface area contributed by atoms with E-state index in [0.717, 1.165) is 31.5 Å². The number of aliphatic hydroxyl groups is 1. The third kappa shape index (κ3) is 4.17. The first-order chi connectivity index (χ1) is 10.1. The smallest absolute Gasteiger partial charge is 0.338 e. The third-order valence-electron chi connectivity index (χ3n) is 3.77. The van der Waals surface area contributed by atoms with Crippen molar-refractivity contribution < 1.29 is 19.7 Å². The van der Waals surface area contributed by atoms with Crippen molar-refractivity contribution >= 4 is 11.7 Å². The van der Waals surface area contributed by atoms with E-state index in [1.54, 1.807) is 12.1 Å². The van der Waals surface area contributed by atoms with Crippen LogP contribution < -0.4 is 5.73 Å². The van der Waals surface area contributed by atoms with Gasteiger partial charge in [0.2, 0.25) is 0 Å². The molecule has 6 heteroatoms. The molecule has 0 saturated carbocycles. The van der Waals surface area contributed by atoms with Gasteiger partial charge < -0.3 is 20.7 Å². The molecule has 0 bridgehead atoms. The number of ether oxygens (including phenoxy) is 1. The van der Waals surface area contributed by atoms with Gasteiger partial charge in [0.15, 0.2) is 0 Å². The maximum absolute atomic E-state index is 11.3. The van der Waals surface area contributed by atoms with Crippen LogP contribution in [0, 0.1) is 0 Å². The summed E-state index contributed by atoms with van der Waals surface area (Å²) in [6, 6.07) is 5.21. The molecule has 0 unspecified atom stereocenters. The van der Waals surface area contributed by atoms with Gasteiger partial charge in [-0.15, -0.1) is 0 Å². The fourth-order valence-electron chi connectivity index (χ4n) is 2.71. The number of carboxylic acid groups (broad SMARTS) is 1. The molecule has 0 amide bonds. The van der Waals surface area contributed by atoms with Crippen molar-refractivity contribution in [2.75, 3.05) is 32.0 Å². The molecule has 0 radical (unpaired) electrons. The minimum absolute atomic E-state index is 0.0471. The summed E-state index contributed by atoms with van der Waals surface area (Å²) in [5.41, 5.74) is 7.02. The molecule has 1 heterocycles. The molecule has 1 fully saturated rings. The number of nitrogen functional groups attached to an aromatic ring is 1. The minimum atomic E-state index is -0.982. The van der Waals surface area contributed by atoms with Crippen molar-refractivity contribution in [1.82, 2.24) is 4.90 Å². The van der Waals surface area contributed by atoms with E-state index in [-0.39, 0.29) is 18.3 Å². The zero-order chi connectivity index (χ0) is 15.2. The molecule has 1 saturated heterocycles. The van der Waals surface area contributed by atoms with E-state index >= 15 is 0 Å². The number of rotatable bonds is 6. The number of nitrogens with two attached hydrogens (primary N) is 1. The maximum atomic E-state index is 11.3. The lowest BCUT2D eigenvalue weighted by Crippen LogP contribution is -2.37. The number of hydrogen-bond donors (Lipinski definition) is 3. The van der Waals surface area contributed by atoms with Crippen LogP contribution in [0.25, 0.3) is 0 Å². The Morgan fingerprint density at radius 3 is 2.71 bits per heavy atom. The summed E-state index contributed by atoms with van der Waals surface area (Å²) in [7, 11) is 0. The molecule has 1 aromatic carbocycles. The van der Waals surface area contributed by atoms with Crippen molar-refractivity contribution in [3.63, 3.8) is 0 Å². The summed E-state index contributed by atoms with van der Waals surface area (Å²) in [6.45, 7) is 2.71. The second kappa shape index (κ2) is 7.40. The van der Waals surface area contributed by atoms with Crippen LogP contribution in [-0.2, 0) is 11.3 Å². The molecule has 0 spiro atoms. The van der Waals surface area contributed by atoms with Gasteiger partial charge in [-0.2, -0.15) is 0 Å². The molecule has 1 aliphatic heterocycles. The van der Waals surface area contributed by atoms with E-state index in [1.807, 2.05) is 6.07 Å². The number of aromatic carboxylic acids is 1. The van der Waals surface area contributed by atoms with E-state index < -0.39 is 5.97 Å². The number of hydrogen-bond acceptors (Lipinski definition) is 5. The van der Waals surface area contributed by atoms with Crippen LogP contribution in [0.4, 0.5) is 5.69 Å². The molecule has 2 rings (SSSR count). The Hall–Kier alpha value is -1.63. The van der Waals surface area contributed by atoms with Crippen LogP contribution in [0.3, 0.4) is 0 Å². The number of nitrogens with zero attached hydrogens (tertiary/aromatic N) is 1. The van der Waals surface area contributed by atoms with E-state index in [1.165, 1.54) is 0 Å². The van der Waals surface area contributed by atoms with E-state index in [9.17, 15) is 9.90 Å². The lowest BCUT2D eigenvalue weighted by atomic mass is 10.0. The number of carbonyl (C=O) groups is 1. The monoisotopic (exact) mass is 294 g/mol. The summed E-state index contributed by atoms with van der Waals surface area (Å²) < 4.78 is 5.52. The predicted octanol–water partition coefficient (Wildman–Crippen LogP) is 0.940. The molecule has 0 aromatic heterocycles. The van der Waals surface area contributed by atoms with Gasteiger partial charge in [0.25, 0.3) is 0 Å². The molecule has 0 atom stereocenters. The van der Waals surface area contributed by atoms with Gasteiger partial charge in [0.1, 0.15) is 0 Å². The highest BCUT2D eigenvalue weighted by Crippen LogP contribution is 2.21. The molecule has 1 aliphatic rings. The van der Waals surface area contributed by atoms with E-state index in [2.05, 4.69) is 4.90 Å². The number of carboxylic acids is 1. The van der Waals surface area contributed by atoms with Crippen molar-refractivity contribution in [3.8, 4) is 0 Å². The van der Waals surface area contributed by atoms with Crippen LogP contribution in [0.15, 0.2) is 18.2 Å². The van der Waals surface area contributed by atoms with E-state index in [4.69, 9.17) is 15.6 Å². The molecule has 1 aromatic rings. The van der Waals surface area contributed by atoms with Gasteiger partial charge in [-0.3, -0.25) is 4.90 Å². The maximum Gasteiger partial charge on any atom is 0.338 e. The second-order valence-corrected chi connectivity index (χ2v) is 5.26. The van der Waals surface area contributed by atoms with Crippen molar-refractivity contribution in [3.05, 3.63) is 29.3 Å². The average Bonchev–Trinajstić information content (AvgIpc) is 2.46. The highest BCUT2D eigenvalue weighted by atomic mass is 16.5. The minimum Gasteiger partial charge on any atom is -0.478 e. The molecule has 21 heavy (non-hydrogen) atoms. The first kappa shape index (κ1) is 15.8. The number of piperidine rings is 1. The Bertz CT molecular complexity index is 485. The summed E-state index contributed by atoms with van der Waals surface area (Å²) in [4.78, 5) is 13.5. The molecule has 4 N–H and O–H groups in total. The van der Waals surface area contributed by atoms with Crippen LogP contribution in [-0.4, -0.2) is 53.5 Å². The Labute approximate surface area is 124 Å². The van der Waals surface area contributed by atoms with Gasteiger partial charge in [0.05, 0.1) is 24.9 Å². The van der Waals surface area contributed by atoms with Crippen molar-refractivity contribution in [2.24, 2.45) is 0 Å². The highest BCUT2D eigenvalue weighted by Gasteiger charge is 2.22. The lowest BCUT2D eigenvalue weighted by molar-refractivity contribution is -0.00906. The Balaban J connectivity index is 1.95. The predicted molar refractivity (Wildman–Crippen MR) is 79.2 cm³/mol. The normalized spacial score (nSPS) is 17.0. The van der Waals surface area contributed by atoms with Gasteiger partial charge in [-0.05, 0) is 24.5 Å². The van der Waals surface area contributed by atoms with Gasteiger partial charge >= 0.3 is 5.97 Å². The number of benzene rings is 1. The first-order valence-corrected chi connectivity index (χ1v) is 7.17. The summed E-state index contributed by atoms with van der Waals surface area (Å²) in [5, 5.41) is 18.0. The lowest BCUT2D eigenvalue weighted by Gasteiger charge is -2.32. The summed E-state index contributed by atoms with van der Waals surface area (Å²) in [5.74, 6) is -0.982. The van der Waals surface area contributed by atoms with Crippen LogP contribution in [0.2, 0.25) is 0 Å². The van der Waals surface area contributed by atoms with Crippen molar-refractivity contribution in [1.29, 1.82) is 0 Å². The SMILES string of the molecule is Nc1cccc(CN2CCC(OCCO)CC2)c1C(=O)O. The average molecular weight is 294 g/mol. The van der Waals surface area contributed by atoms with E-state index in [0.29, 0.717) is 18.8 Å². The Kier molecular flexibility index (Phi) is 5.55. The van der Waals surface area contributed by atoms with Crippen LogP contribution >= 0.6 is 0 Å². The van der Waals surface area contributed by atoms with Crippen LogP contribution in [0.1, 0.15) is 28.8 Å². The molecular formula is C15H22N2O4. The largest absolute Gasteiger partial charge is 0.478 e. The van der Waals surface area contributed by atoms with Gasteiger partial charge in [0, 0.05) is 25.3 Å². The number of aliphatic hydroxyl groups excluding tert-OH is 1. The summed E-state index contributed by atoms with van der Waals surface area (Å²) >= 11 is 0.